The van der Waals surface area contributed by atoms with Crippen LogP contribution in [0.25, 0.3) is 0 Å². The van der Waals surface area contributed by atoms with E-state index in [1.54, 1.807) is 24.3 Å². The van der Waals surface area contributed by atoms with E-state index in [4.69, 9.17) is 33.0 Å². The Morgan fingerprint density at radius 3 is 2.72 bits per heavy atom. The third-order valence-corrected chi connectivity index (χ3v) is 5.48. The molecule has 1 aromatic carbocycles. The lowest BCUT2D eigenvalue weighted by Gasteiger charge is -2.20. The van der Waals surface area contributed by atoms with E-state index in [-0.39, 0.29) is 18.5 Å². The monoisotopic (exact) mass is 464 g/mol. The number of aliphatic hydroxyl groups is 2. The first kappa shape index (κ1) is 26.3. The fraction of sp³-hybridized carbons (Fsp3) is 0.545. The Balaban J connectivity index is 0.00000204. The number of thiol groups is 1. The molecule has 2 rings (SSSR count). The summed E-state index contributed by atoms with van der Waals surface area (Å²) in [7, 11) is 0. The van der Waals surface area contributed by atoms with Gasteiger partial charge >= 0.3 is 0 Å². The zero-order valence-corrected chi connectivity index (χ0v) is 19.3. The van der Waals surface area contributed by atoms with Gasteiger partial charge in [0, 0.05) is 27.6 Å². The zero-order chi connectivity index (χ0) is 21.8. The van der Waals surface area contributed by atoms with Crippen LogP contribution in [0.15, 0.2) is 41.5 Å². The van der Waals surface area contributed by atoms with Crippen molar-refractivity contribution in [2.24, 2.45) is 5.92 Å². The Morgan fingerprint density at radius 2 is 2.03 bits per heavy atom. The average Bonchev–Trinajstić information content (AvgIpc) is 2.86. The van der Waals surface area contributed by atoms with E-state index in [2.05, 4.69) is 12.6 Å². The summed E-state index contributed by atoms with van der Waals surface area (Å²) in [5.41, 5.74) is 0.772. The fourth-order valence-electron chi connectivity index (χ4n) is 2.93. The van der Waals surface area contributed by atoms with Crippen molar-refractivity contribution in [3.05, 3.63) is 52.0 Å². The summed E-state index contributed by atoms with van der Waals surface area (Å²) in [6.07, 6.45) is 5.10. The smallest absolute Gasteiger partial charge is 0.126 e. The second-order valence-electron chi connectivity index (χ2n) is 6.62. The van der Waals surface area contributed by atoms with Crippen LogP contribution >= 0.6 is 35.8 Å². The molecule has 0 bridgehead atoms. The summed E-state index contributed by atoms with van der Waals surface area (Å²) in [5.74, 6) is 0.118. The second kappa shape index (κ2) is 14.3. The van der Waals surface area contributed by atoms with Gasteiger partial charge < -0.3 is 14.9 Å². The van der Waals surface area contributed by atoms with Gasteiger partial charge in [0.15, 0.2) is 0 Å². The zero-order valence-electron chi connectivity index (χ0n) is 16.9. The summed E-state index contributed by atoms with van der Waals surface area (Å²) >= 11 is 16.6. The van der Waals surface area contributed by atoms with E-state index in [0.29, 0.717) is 41.5 Å². The van der Waals surface area contributed by atoms with Crippen LogP contribution in [0.3, 0.4) is 0 Å². The Hall–Kier alpha value is -0.720. The van der Waals surface area contributed by atoms with Crippen molar-refractivity contribution in [1.82, 2.24) is 0 Å². The van der Waals surface area contributed by atoms with Crippen LogP contribution in [0.1, 0.15) is 38.7 Å². The summed E-state index contributed by atoms with van der Waals surface area (Å²) in [6, 6.07) is 5.22. The minimum atomic E-state index is -1.17. The number of alkyl halides is 1. The van der Waals surface area contributed by atoms with Gasteiger partial charge in [0.25, 0.3) is 0 Å². The van der Waals surface area contributed by atoms with Crippen molar-refractivity contribution >= 4 is 35.8 Å². The highest BCUT2D eigenvalue weighted by Gasteiger charge is 2.25. The molecule has 0 heterocycles. The molecule has 1 aliphatic carbocycles. The first-order chi connectivity index (χ1) is 13.9. The fourth-order valence-corrected chi connectivity index (χ4v) is 3.66. The van der Waals surface area contributed by atoms with Crippen LogP contribution in [0.4, 0.5) is 4.39 Å². The van der Waals surface area contributed by atoms with E-state index in [1.165, 1.54) is 6.08 Å². The molecule has 1 aliphatic rings. The molecule has 0 saturated heterocycles. The standard InChI is InChI=1S/C20H25Cl2FO3S.C2H6/c21-14-5-6-20(26-8-7-15(25)11-16(27)12-24)13(9-14)10-17-18(22)3-1-2-4-19(17)23;1-2/h2-6,9,15-17,19,24-25,27H,1,7-8,10-12H2;1-2H3. The van der Waals surface area contributed by atoms with Crippen LogP contribution in [-0.2, 0) is 6.42 Å². The molecule has 0 saturated carbocycles. The maximum atomic E-state index is 14.4. The van der Waals surface area contributed by atoms with Crippen molar-refractivity contribution < 1.29 is 19.3 Å². The third-order valence-electron chi connectivity index (χ3n) is 4.43. The van der Waals surface area contributed by atoms with Crippen molar-refractivity contribution in [3.8, 4) is 5.75 Å². The predicted molar refractivity (Wildman–Crippen MR) is 123 cm³/mol. The lowest BCUT2D eigenvalue weighted by Crippen LogP contribution is -2.20. The van der Waals surface area contributed by atoms with Gasteiger partial charge in [-0.2, -0.15) is 12.6 Å². The van der Waals surface area contributed by atoms with Crippen molar-refractivity contribution in [2.75, 3.05) is 13.2 Å². The van der Waals surface area contributed by atoms with Gasteiger partial charge in [-0.3, -0.25) is 0 Å². The van der Waals surface area contributed by atoms with E-state index in [1.807, 2.05) is 19.9 Å². The summed E-state index contributed by atoms with van der Waals surface area (Å²) in [4.78, 5) is 0. The Morgan fingerprint density at radius 1 is 1.31 bits per heavy atom. The minimum absolute atomic E-state index is 0.0864. The molecule has 164 valence electrons. The Kier molecular flexibility index (Phi) is 13.0. The molecule has 4 unspecified atom stereocenters. The van der Waals surface area contributed by atoms with Gasteiger partial charge in [-0.15, -0.1) is 0 Å². The summed E-state index contributed by atoms with van der Waals surface area (Å²) < 4.78 is 20.3. The van der Waals surface area contributed by atoms with Crippen LogP contribution in [0.2, 0.25) is 5.02 Å². The molecule has 0 aliphatic heterocycles. The van der Waals surface area contributed by atoms with Crippen LogP contribution < -0.4 is 4.74 Å². The number of hydrogen-bond donors (Lipinski definition) is 3. The molecule has 29 heavy (non-hydrogen) atoms. The lowest BCUT2D eigenvalue weighted by atomic mass is 9.94. The Bertz CT molecular complexity index is 669. The molecule has 3 nitrogen and oxygen atoms in total. The average molecular weight is 465 g/mol. The second-order valence-corrected chi connectivity index (χ2v) is 8.23. The van der Waals surface area contributed by atoms with Crippen molar-refractivity contribution in [2.45, 2.75) is 57.1 Å². The van der Waals surface area contributed by atoms with Gasteiger partial charge in [0.1, 0.15) is 11.9 Å². The van der Waals surface area contributed by atoms with E-state index >= 15 is 0 Å². The highest BCUT2D eigenvalue weighted by molar-refractivity contribution is 7.81. The van der Waals surface area contributed by atoms with Gasteiger partial charge in [-0.25, -0.2) is 4.39 Å². The van der Waals surface area contributed by atoms with E-state index in [9.17, 15) is 9.50 Å². The number of allylic oxidation sites excluding steroid dienone is 4. The van der Waals surface area contributed by atoms with Gasteiger partial charge in [-0.1, -0.05) is 55.3 Å². The molecule has 4 atom stereocenters. The molecule has 2 N–H and O–H groups in total. The maximum absolute atomic E-state index is 14.4. The van der Waals surface area contributed by atoms with Crippen LogP contribution in [0, 0.1) is 5.92 Å². The van der Waals surface area contributed by atoms with Gasteiger partial charge in [0.2, 0.25) is 0 Å². The van der Waals surface area contributed by atoms with Gasteiger partial charge in [0.05, 0.1) is 19.3 Å². The number of halogens is 3. The highest BCUT2D eigenvalue weighted by Crippen LogP contribution is 2.33. The third kappa shape index (κ3) is 9.31. The Labute approximate surface area is 189 Å². The highest BCUT2D eigenvalue weighted by atomic mass is 35.5. The van der Waals surface area contributed by atoms with Crippen LogP contribution in [0.5, 0.6) is 5.75 Å². The SMILES string of the molecule is CC.OCC(S)CC(O)CCOc1ccc(Cl)cc1CC1C(Cl)=CCC=CC1F. The molecular formula is C22H31Cl2FO3S. The normalized spacial score (nSPS) is 20.8. The molecular weight excluding hydrogens is 434 g/mol. The number of hydrogen-bond acceptors (Lipinski definition) is 4. The number of benzene rings is 1. The van der Waals surface area contributed by atoms with E-state index < -0.39 is 18.2 Å². The summed E-state index contributed by atoms with van der Waals surface area (Å²) in [5, 5.41) is 19.7. The first-order valence-electron chi connectivity index (χ1n) is 9.95. The van der Waals surface area contributed by atoms with Crippen molar-refractivity contribution in [1.29, 1.82) is 0 Å². The quantitative estimate of drug-likeness (QED) is 0.321. The number of rotatable bonds is 9. The molecule has 0 spiro atoms. The first-order valence-corrected chi connectivity index (χ1v) is 11.2. The lowest BCUT2D eigenvalue weighted by molar-refractivity contribution is 0.123. The number of ether oxygens (including phenoxy) is 1. The van der Waals surface area contributed by atoms with Crippen molar-refractivity contribution in [3.63, 3.8) is 0 Å². The predicted octanol–water partition coefficient (Wildman–Crippen LogP) is 5.76. The molecule has 7 heteroatoms. The molecule has 0 fully saturated rings. The van der Waals surface area contributed by atoms with Crippen LogP contribution in [-0.4, -0.2) is 41.0 Å². The van der Waals surface area contributed by atoms with Gasteiger partial charge in [-0.05, 0) is 43.0 Å². The molecule has 0 radical (unpaired) electrons. The summed E-state index contributed by atoms with van der Waals surface area (Å²) in [6.45, 7) is 4.20. The topological polar surface area (TPSA) is 49.7 Å². The largest absolute Gasteiger partial charge is 0.493 e. The molecule has 0 aromatic heterocycles. The molecule has 1 aromatic rings. The molecule has 0 amide bonds. The number of aliphatic hydroxyl groups excluding tert-OH is 2. The minimum Gasteiger partial charge on any atom is -0.493 e. The van der Waals surface area contributed by atoms with E-state index in [0.717, 1.165) is 5.56 Å². The maximum Gasteiger partial charge on any atom is 0.126 e.